The SMILES string of the molecule is NC1=NC(C2CCCCC2)C(=O)N1. The number of amides is 1. The molecule has 1 amide bonds. The summed E-state index contributed by atoms with van der Waals surface area (Å²) >= 11 is 0. The first-order chi connectivity index (χ1) is 6.27. The van der Waals surface area contributed by atoms with E-state index >= 15 is 0 Å². The second-order valence-corrected chi connectivity index (χ2v) is 3.85. The number of hydrogen-bond donors (Lipinski definition) is 2. The molecule has 13 heavy (non-hydrogen) atoms. The highest BCUT2D eigenvalue weighted by atomic mass is 16.2. The molecule has 72 valence electrons. The minimum Gasteiger partial charge on any atom is -0.370 e. The van der Waals surface area contributed by atoms with Gasteiger partial charge < -0.3 is 5.73 Å². The fraction of sp³-hybridized carbons (Fsp3) is 0.778. The first kappa shape index (κ1) is 8.53. The molecular weight excluding hydrogens is 166 g/mol. The van der Waals surface area contributed by atoms with Crippen molar-refractivity contribution in [1.29, 1.82) is 0 Å². The van der Waals surface area contributed by atoms with Crippen LogP contribution in [0.3, 0.4) is 0 Å². The van der Waals surface area contributed by atoms with Crippen LogP contribution in [0.25, 0.3) is 0 Å². The highest BCUT2D eigenvalue weighted by molar-refractivity contribution is 6.04. The van der Waals surface area contributed by atoms with Gasteiger partial charge in [-0.05, 0) is 18.8 Å². The van der Waals surface area contributed by atoms with Crippen LogP contribution in [0.1, 0.15) is 32.1 Å². The fourth-order valence-corrected chi connectivity index (χ4v) is 2.21. The number of aliphatic imine (C=N–C) groups is 1. The summed E-state index contributed by atoms with van der Waals surface area (Å²) < 4.78 is 0. The Labute approximate surface area is 77.6 Å². The molecule has 1 unspecified atom stereocenters. The number of guanidine groups is 1. The van der Waals surface area contributed by atoms with Gasteiger partial charge in [-0.1, -0.05) is 19.3 Å². The molecule has 0 aromatic rings. The Balaban J connectivity index is 2.02. The molecule has 1 atom stereocenters. The van der Waals surface area contributed by atoms with Gasteiger partial charge in [0.15, 0.2) is 5.96 Å². The largest absolute Gasteiger partial charge is 0.370 e. The van der Waals surface area contributed by atoms with Crippen LogP contribution in [0.4, 0.5) is 0 Å². The zero-order chi connectivity index (χ0) is 9.26. The molecule has 0 saturated heterocycles. The van der Waals surface area contributed by atoms with Crippen molar-refractivity contribution in [2.24, 2.45) is 16.6 Å². The fourth-order valence-electron chi connectivity index (χ4n) is 2.21. The van der Waals surface area contributed by atoms with Crippen molar-refractivity contribution >= 4 is 11.9 Å². The maximum Gasteiger partial charge on any atom is 0.251 e. The second kappa shape index (κ2) is 3.36. The summed E-state index contributed by atoms with van der Waals surface area (Å²) in [6.45, 7) is 0. The smallest absolute Gasteiger partial charge is 0.251 e. The van der Waals surface area contributed by atoms with Crippen LogP contribution in [-0.4, -0.2) is 17.9 Å². The van der Waals surface area contributed by atoms with Crippen LogP contribution < -0.4 is 11.1 Å². The van der Waals surface area contributed by atoms with Crippen LogP contribution in [0.15, 0.2) is 4.99 Å². The van der Waals surface area contributed by atoms with Crippen molar-refractivity contribution in [2.75, 3.05) is 0 Å². The van der Waals surface area contributed by atoms with Gasteiger partial charge in [0.2, 0.25) is 0 Å². The summed E-state index contributed by atoms with van der Waals surface area (Å²) in [7, 11) is 0. The average Bonchev–Trinajstić information content (AvgIpc) is 2.47. The van der Waals surface area contributed by atoms with Crippen molar-refractivity contribution in [2.45, 2.75) is 38.1 Å². The summed E-state index contributed by atoms with van der Waals surface area (Å²) in [6.07, 6.45) is 5.99. The molecule has 4 heteroatoms. The average molecular weight is 181 g/mol. The lowest BCUT2D eigenvalue weighted by Crippen LogP contribution is -2.36. The molecule has 0 spiro atoms. The Morgan fingerprint density at radius 1 is 1.31 bits per heavy atom. The van der Waals surface area contributed by atoms with Crippen molar-refractivity contribution in [1.82, 2.24) is 5.32 Å². The van der Waals surface area contributed by atoms with Gasteiger partial charge in [0.1, 0.15) is 6.04 Å². The van der Waals surface area contributed by atoms with Gasteiger partial charge in [-0.25, -0.2) is 4.99 Å². The summed E-state index contributed by atoms with van der Waals surface area (Å²) in [5.74, 6) is 0.708. The summed E-state index contributed by atoms with van der Waals surface area (Å²) in [5.41, 5.74) is 5.44. The van der Waals surface area contributed by atoms with Crippen molar-refractivity contribution in [3.05, 3.63) is 0 Å². The molecule has 4 nitrogen and oxygen atoms in total. The number of carbonyl (C=O) groups excluding carboxylic acids is 1. The van der Waals surface area contributed by atoms with Crippen LogP contribution in [-0.2, 0) is 4.79 Å². The Morgan fingerprint density at radius 3 is 2.54 bits per heavy atom. The van der Waals surface area contributed by atoms with E-state index in [0.29, 0.717) is 11.9 Å². The number of nitrogens with two attached hydrogens (primary N) is 1. The van der Waals surface area contributed by atoms with E-state index in [9.17, 15) is 4.79 Å². The highest BCUT2D eigenvalue weighted by Crippen LogP contribution is 2.29. The summed E-state index contributed by atoms with van der Waals surface area (Å²) in [6, 6.07) is -0.194. The van der Waals surface area contributed by atoms with E-state index in [-0.39, 0.29) is 11.9 Å². The third kappa shape index (κ3) is 1.66. The minimum atomic E-state index is -0.194. The second-order valence-electron chi connectivity index (χ2n) is 3.85. The first-order valence-corrected chi connectivity index (χ1v) is 4.91. The molecule has 0 radical (unpaired) electrons. The lowest BCUT2D eigenvalue weighted by Gasteiger charge is -2.23. The standard InChI is InChI=1S/C9H15N3O/c10-9-11-7(8(13)12-9)6-4-2-1-3-5-6/h6-7H,1-5H2,(H3,10,11,12,13). The molecular formula is C9H15N3O. The third-order valence-electron chi connectivity index (χ3n) is 2.89. The molecule has 2 aliphatic rings. The molecule has 3 N–H and O–H groups in total. The van der Waals surface area contributed by atoms with Crippen LogP contribution in [0.5, 0.6) is 0 Å². The molecule has 1 aliphatic carbocycles. The minimum absolute atomic E-state index is 0.00981. The molecule has 0 aromatic carbocycles. The molecule has 1 heterocycles. The van der Waals surface area contributed by atoms with E-state index < -0.39 is 0 Å². The Kier molecular flexibility index (Phi) is 2.20. The van der Waals surface area contributed by atoms with E-state index in [4.69, 9.17) is 5.73 Å². The molecule has 1 saturated carbocycles. The first-order valence-electron chi connectivity index (χ1n) is 4.91. The zero-order valence-electron chi connectivity index (χ0n) is 7.62. The molecule has 0 bridgehead atoms. The molecule has 1 fully saturated rings. The summed E-state index contributed by atoms with van der Waals surface area (Å²) in [4.78, 5) is 15.5. The lowest BCUT2D eigenvalue weighted by molar-refractivity contribution is -0.121. The molecule has 0 aromatic heterocycles. The molecule has 1 aliphatic heterocycles. The van der Waals surface area contributed by atoms with Crippen molar-refractivity contribution in [3.63, 3.8) is 0 Å². The predicted molar refractivity (Wildman–Crippen MR) is 50.1 cm³/mol. The summed E-state index contributed by atoms with van der Waals surface area (Å²) in [5, 5.41) is 2.55. The Bertz CT molecular complexity index is 243. The van der Waals surface area contributed by atoms with Gasteiger partial charge in [-0.15, -0.1) is 0 Å². The van der Waals surface area contributed by atoms with Gasteiger partial charge in [-0.3, -0.25) is 10.1 Å². The van der Waals surface area contributed by atoms with Gasteiger partial charge in [0, 0.05) is 0 Å². The van der Waals surface area contributed by atoms with Crippen LogP contribution >= 0.6 is 0 Å². The lowest BCUT2D eigenvalue weighted by atomic mass is 9.84. The monoisotopic (exact) mass is 181 g/mol. The van der Waals surface area contributed by atoms with Crippen molar-refractivity contribution in [3.8, 4) is 0 Å². The highest BCUT2D eigenvalue weighted by Gasteiger charge is 2.33. The van der Waals surface area contributed by atoms with Gasteiger partial charge >= 0.3 is 0 Å². The topological polar surface area (TPSA) is 67.5 Å². The maximum atomic E-state index is 11.4. The van der Waals surface area contributed by atoms with Gasteiger partial charge in [-0.2, -0.15) is 0 Å². The van der Waals surface area contributed by atoms with Crippen LogP contribution in [0, 0.1) is 5.92 Å². The van der Waals surface area contributed by atoms with Gasteiger partial charge in [0.05, 0.1) is 0 Å². The number of hydrogen-bond acceptors (Lipinski definition) is 3. The third-order valence-corrected chi connectivity index (χ3v) is 2.89. The molecule has 2 rings (SSSR count). The normalized spacial score (nSPS) is 30.0. The number of nitrogens with one attached hydrogen (secondary N) is 1. The maximum absolute atomic E-state index is 11.4. The van der Waals surface area contributed by atoms with E-state index in [1.807, 2.05) is 0 Å². The van der Waals surface area contributed by atoms with Crippen molar-refractivity contribution < 1.29 is 4.79 Å². The quantitative estimate of drug-likeness (QED) is 0.614. The Hall–Kier alpha value is -1.06. The predicted octanol–water partition coefficient (Wildman–Crippen LogP) is 0.380. The van der Waals surface area contributed by atoms with Crippen LogP contribution in [0.2, 0.25) is 0 Å². The van der Waals surface area contributed by atoms with E-state index in [1.54, 1.807) is 0 Å². The number of nitrogens with zero attached hydrogens (tertiary/aromatic N) is 1. The number of carbonyl (C=O) groups is 1. The Morgan fingerprint density at radius 2 is 2.00 bits per heavy atom. The van der Waals surface area contributed by atoms with E-state index in [2.05, 4.69) is 10.3 Å². The zero-order valence-corrected chi connectivity index (χ0v) is 7.62. The van der Waals surface area contributed by atoms with E-state index in [1.165, 1.54) is 19.3 Å². The van der Waals surface area contributed by atoms with Gasteiger partial charge in [0.25, 0.3) is 5.91 Å². The van der Waals surface area contributed by atoms with E-state index in [0.717, 1.165) is 12.8 Å². The number of rotatable bonds is 1.